The molecule has 0 aliphatic carbocycles. The van der Waals surface area contributed by atoms with Crippen molar-refractivity contribution in [1.29, 1.82) is 0 Å². The molecule has 0 saturated heterocycles. The molecule has 1 N–H and O–H groups in total. The number of aryl methyl sites for hydroxylation is 1. The number of hydrogen-bond acceptors (Lipinski definition) is 6. The number of nitrogens with one attached hydrogen (secondary N) is 1. The van der Waals surface area contributed by atoms with Crippen LogP contribution in [0.5, 0.6) is 5.75 Å². The van der Waals surface area contributed by atoms with Crippen molar-refractivity contribution < 1.29 is 27.5 Å². The van der Waals surface area contributed by atoms with Gasteiger partial charge in [-0.05, 0) is 30.7 Å². The molecule has 0 atom stereocenters. The molecule has 1 aromatic carbocycles. The summed E-state index contributed by atoms with van der Waals surface area (Å²) in [5, 5.41) is 1.94. The lowest BCUT2D eigenvalue weighted by molar-refractivity contribution is -0.144. The highest BCUT2D eigenvalue weighted by Gasteiger charge is 2.36. The van der Waals surface area contributed by atoms with Gasteiger partial charge >= 0.3 is 12.1 Å². The number of benzene rings is 1. The molecule has 0 aliphatic heterocycles. The molecule has 1 amide bonds. The van der Waals surface area contributed by atoms with Crippen LogP contribution in [0.25, 0.3) is 0 Å². The Labute approximate surface area is 132 Å². The largest absolute Gasteiger partial charge is 0.452 e. The molecule has 6 nitrogen and oxygen atoms in total. The molecule has 1 aromatic heterocycles. The van der Waals surface area contributed by atoms with Gasteiger partial charge in [0, 0.05) is 24.0 Å². The van der Waals surface area contributed by atoms with Crippen molar-refractivity contribution in [1.82, 2.24) is 9.36 Å². The topological polar surface area (TPSA) is 81.2 Å². The summed E-state index contributed by atoms with van der Waals surface area (Å²) in [5.74, 6) is -2.40. The Bertz CT molecular complexity index is 758. The molecule has 0 radical (unpaired) electrons. The zero-order valence-electron chi connectivity index (χ0n) is 11.9. The zero-order chi connectivity index (χ0) is 17.2. The van der Waals surface area contributed by atoms with Gasteiger partial charge in [0.15, 0.2) is 0 Å². The second-order valence-corrected chi connectivity index (χ2v) is 5.26. The predicted octanol–water partition coefficient (Wildman–Crippen LogP) is 3.04. The maximum atomic E-state index is 12.4. The highest BCUT2D eigenvalue weighted by Crippen LogP contribution is 2.29. The van der Waals surface area contributed by atoms with Crippen LogP contribution in [0.4, 0.5) is 18.3 Å². The molecular formula is C13H10F3N3O3S. The van der Waals surface area contributed by atoms with Crippen LogP contribution in [0.3, 0.4) is 0 Å². The Balaban J connectivity index is 2.19. The summed E-state index contributed by atoms with van der Waals surface area (Å²) in [6, 6.07) is 4.34. The van der Waals surface area contributed by atoms with Gasteiger partial charge in [-0.15, -0.1) is 0 Å². The van der Waals surface area contributed by atoms with Gasteiger partial charge in [-0.25, -0.2) is 0 Å². The van der Waals surface area contributed by atoms with Crippen molar-refractivity contribution >= 4 is 28.5 Å². The molecule has 0 spiro atoms. The molecule has 122 valence electrons. The highest BCUT2D eigenvalue weighted by molar-refractivity contribution is 7.09. The number of aromatic nitrogens is 2. The summed E-state index contributed by atoms with van der Waals surface area (Å²) in [4.78, 5) is 26.2. The van der Waals surface area contributed by atoms with Gasteiger partial charge in [0.2, 0.25) is 11.0 Å². The third-order valence-electron chi connectivity index (χ3n) is 2.47. The molecular weight excluding hydrogens is 335 g/mol. The number of alkyl halides is 3. The second kappa shape index (κ2) is 6.32. The molecule has 23 heavy (non-hydrogen) atoms. The van der Waals surface area contributed by atoms with Crippen molar-refractivity contribution in [2.24, 2.45) is 0 Å². The fraction of sp³-hybridized carbons (Fsp3) is 0.231. The van der Waals surface area contributed by atoms with Crippen LogP contribution in [0.2, 0.25) is 0 Å². The quantitative estimate of drug-likeness (QED) is 0.683. The van der Waals surface area contributed by atoms with Crippen molar-refractivity contribution in [2.45, 2.75) is 20.0 Å². The van der Waals surface area contributed by atoms with Gasteiger partial charge < -0.3 is 4.74 Å². The molecule has 2 rings (SSSR count). The molecule has 0 fully saturated rings. The molecule has 0 unspecified atom stereocenters. The molecule has 0 aliphatic rings. The summed E-state index contributed by atoms with van der Waals surface area (Å²) >= 11 is 0.420. The van der Waals surface area contributed by atoms with E-state index in [4.69, 9.17) is 4.74 Å². The second-order valence-electron chi connectivity index (χ2n) is 4.50. The third kappa shape index (κ3) is 4.49. The summed E-state index contributed by atoms with van der Waals surface area (Å²) in [5.41, 5.74) is 0.757. The number of amides is 1. The first kappa shape index (κ1) is 16.9. The van der Waals surface area contributed by atoms with E-state index in [1.807, 2.05) is 0 Å². The van der Waals surface area contributed by atoms with Crippen LogP contribution in [-0.2, 0) is 11.0 Å². The van der Waals surface area contributed by atoms with E-state index in [-0.39, 0.29) is 16.4 Å². The molecule has 10 heteroatoms. The lowest BCUT2D eigenvalue weighted by atomic mass is 10.1. The van der Waals surface area contributed by atoms with Crippen molar-refractivity contribution in [2.75, 3.05) is 5.32 Å². The number of carbonyl (C=O) groups excluding carboxylic acids is 2. The number of nitrogens with zero attached hydrogens (tertiary/aromatic N) is 2. The minimum Gasteiger partial charge on any atom is -0.427 e. The summed E-state index contributed by atoms with van der Waals surface area (Å²) in [7, 11) is 0. The van der Waals surface area contributed by atoms with Gasteiger partial charge in [0.25, 0.3) is 5.91 Å². The van der Waals surface area contributed by atoms with Gasteiger partial charge in [0.05, 0.1) is 0 Å². The lowest BCUT2D eigenvalue weighted by Gasteiger charge is -2.07. The van der Waals surface area contributed by atoms with Crippen molar-refractivity contribution in [3.05, 3.63) is 35.2 Å². The van der Waals surface area contributed by atoms with Crippen molar-refractivity contribution in [3.8, 4) is 5.75 Å². The van der Waals surface area contributed by atoms with E-state index in [1.54, 1.807) is 13.0 Å². The Morgan fingerprint density at radius 3 is 2.52 bits per heavy atom. The van der Waals surface area contributed by atoms with Crippen LogP contribution < -0.4 is 10.1 Å². The number of anilines is 1. The molecule has 2 aromatic rings. The number of esters is 1. The first-order valence-electron chi connectivity index (χ1n) is 6.17. The van der Waals surface area contributed by atoms with Crippen LogP contribution in [0.15, 0.2) is 18.2 Å². The summed E-state index contributed by atoms with van der Waals surface area (Å²) in [6.45, 7) is 2.89. The van der Waals surface area contributed by atoms with Crippen LogP contribution >= 0.6 is 11.5 Å². The SMILES string of the molecule is CC(=O)Oc1cc(C)cc(C(=O)Nc2nc(C(F)(F)F)ns2)c1. The fourth-order valence-corrected chi connectivity index (χ4v) is 2.25. The minimum absolute atomic E-state index is 0.116. The van der Waals surface area contributed by atoms with E-state index in [1.165, 1.54) is 19.1 Å². The zero-order valence-corrected chi connectivity index (χ0v) is 12.7. The van der Waals surface area contributed by atoms with E-state index < -0.39 is 23.9 Å². The van der Waals surface area contributed by atoms with Gasteiger partial charge in [-0.2, -0.15) is 22.5 Å². The minimum atomic E-state index is -4.68. The lowest BCUT2D eigenvalue weighted by Crippen LogP contribution is -2.13. The normalized spacial score (nSPS) is 11.2. The van der Waals surface area contributed by atoms with Crippen LogP contribution in [-0.4, -0.2) is 21.2 Å². The first-order valence-corrected chi connectivity index (χ1v) is 6.95. The standard InChI is InChI=1S/C13H10F3N3O3S/c1-6-3-8(5-9(4-6)22-7(2)20)10(21)17-12-18-11(19-23-12)13(14,15)16/h3-5H,1-2H3,(H,17,18,19,21). The Hall–Kier alpha value is -2.49. The first-order chi connectivity index (χ1) is 10.6. The number of rotatable bonds is 3. The van der Waals surface area contributed by atoms with E-state index >= 15 is 0 Å². The average molecular weight is 345 g/mol. The van der Waals surface area contributed by atoms with E-state index in [9.17, 15) is 22.8 Å². The maximum Gasteiger partial charge on any atom is 0.452 e. The Morgan fingerprint density at radius 1 is 1.26 bits per heavy atom. The van der Waals surface area contributed by atoms with Gasteiger partial charge in [-0.3, -0.25) is 14.9 Å². The average Bonchev–Trinajstić information content (AvgIpc) is 2.85. The molecule has 0 bridgehead atoms. The maximum absolute atomic E-state index is 12.4. The predicted molar refractivity (Wildman–Crippen MR) is 75.4 cm³/mol. The Kier molecular flexibility index (Phi) is 4.64. The summed E-state index contributed by atoms with van der Waals surface area (Å²) < 4.78 is 45.3. The number of carbonyl (C=O) groups is 2. The molecule has 1 heterocycles. The summed E-state index contributed by atoms with van der Waals surface area (Å²) in [6.07, 6.45) is -4.68. The van der Waals surface area contributed by atoms with Gasteiger partial charge in [-0.1, -0.05) is 0 Å². The van der Waals surface area contributed by atoms with Crippen LogP contribution in [0, 0.1) is 6.92 Å². The molecule has 0 saturated carbocycles. The van der Waals surface area contributed by atoms with E-state index in [2.05, 4.69) is 14.7 Å². The monoisotopic (exact) mass is 345 g/mol. The van der Waals surface area contributed by atoms with Crippen LogP contribution in [0.1, 0.15) is 28.7 Å². The third-order valence-corrected chi connectivity index (χ3v) is 3.11. The van der Waals surface area contributed by atoms with Gasteiger partial charge in [0.1, 0.15) is 5.75 Å². The fourth-order valence-electron chi connectivity index (χ4n) is 1.66. The Morgan fingerprint density at radius 2 is 1.96 bits per heavy atom. The van der Waals surface area contributed by atoms with E-state index in [0.717, 1.165) is 0 Å². The van der Waals surface area contributed by atoms with Crippen molar-refractivity contribution in [3.63, 3.8) is 0 Å². The number of ether oxygens (including phenoxy) is 1. The number of hydrogen-bond donors (Lipinski definition) is 1. The smallest absolute Gasteiger partial charge is 0.427 e. The number of halogens is 3. The highest BCUT2D eigenvalue weighted by atomic mass is 32.1. The van der Waals surface area contributed by atoms with E-state index in [0.29, 0.717) is 17.1 Å².